The zero-order valence-corrected chi connectivity index (χ0v) is 15.8. The van der Waals surface area contributed by atoms with Crippen LogP contribution in [0.1, 0.15) is 19.3 Å². The van der Waals surface area contributed by atoms with E-state index < -0.39 is 35.0 Å². The van der Waals surface area contributed by atoms with Crippen molar-refractivity contribution in [1.82, 2.24) is 13.7 Å². The highest BCUT2D eigenvalue weighted by Gasteiger charge is 2.14. The number of allylic oxidation sites excluding steroid dienone is 3. The highest BCUT2D eigenvalue weighted by atomic mass is 16.4. The van der Waals surface area contributed by atoms with E-state index in [1.165, 1.54) is 18.2 Å². The molecule has 30 heavy (non-hydrogen) atoms. The average molecular weight is 423 g/mol. The van der Waals surface area contributed by atoms with E-state index in [0.717, 1.165) is 31.9 Å². The molecule has 12 heteroatoms. The Balaban J connectivity index is 3.29. The molecular formula is C18H21N3O9. The van der Waals surface area contributed by atoms with Crippen LogP contribution in [0.3, 0.4) is 0 Å². The maximum atomic E-state index is 12.6. The van der Waals surface area contributed by atoms with Gasteiger partial charge >= 0.3 is 35.0 Å². The topological polar surface area (TPSA) is 178 Å². The molecule has 0 radical (unpaired) electrons. The van der Waals surface area contributed by atoms with Crippen molar-refractivity contribution >= 4 is 17.9 Å². The van der Waals surface area contributed by atoms with E-state index in [0.29, 0.717) is 0 Å². The second-order valence-electron chi connectivity index (χ2n) is 5.89. The van der Waals surface area contributed by atoms with E-state index in [-0.39, 0.29) is 38.9 Å². The highest BCUT2D eigenvalue weighted by molar-refractivity contribution is 5.80. The molecule has 0 saturated carbocycles. The Kier molecular flexibility index (Phi) is 9.46. The number of aromatic nitrogens is 3. The lowest BCUT2D eigenvalue weighted by molar-refractivity contribution is -0.132. The van der Waals surface area contributed by atoms with Gasteiger partial charge in [0.05, 0.1) is 0 Å². The van der Waals surface area contributed by atoms with Crippen LogP contribution in [0.15, 0.2) is 50.8 Å². The molecule has 0 amide bonds. The van der Waals surface area contributed by atoms with Gasteiger partial charge in [0.1, 0.15) is 0 Å². The van der Waals surface area contributed by atoms with Gasteiger partial charge in [-0.1, -0.05) is 18.2 Å². The quantitative estimate of drug-likeness (QED) is 0.365. The maximum Gasteiger partial charge on any atom is 0.336 e. The lowest BCUT2D eigenvalue weighted by atomic mass is 10.3. The SMILES string of the molecule is O=C(O)/C=C\CCn1c(=O)n(CC/C=C\C(=O)O)c(=O)n(CC/C=C/C(=O)O)c1=O. The molecule has 0 aromatic carbocycles. The number of carboxylic acids is 3. The summed E-state index contributed by atoms with van der Waals surface area (Å²) in [6.07, 6.45) is 6.43. The minimum absolute atomic E-state index is 0.0392. The lowest BCUT2D eigenvalue weighted by Gasteiger charge is -2.12. The van der Waals surface area contributed by atoms with Crippen LogP contribution in [-0.2, 0) is 34.0 Å². The van der Waals surface area contributed by atoms with Crippen LogP contribution in [0.5, 0.6) is 0 Å². The number of carboxylic acid groups (broad SMARTS) is 3. The van der Waals surface area contributed by atoms with Gasteiger partial charge in [0.2, 0.25) is 0 Å². The summed E-state index contributed by atoms with van der Waals surface area (Å²) in [7, 11) is 0. The average Bonchev–Trinajstić information content (AvgIpc) is 2.65. The zero-order chi connectivity index (χ0) is 22.7. The number of nitrogens with zero attached hydrogens (tertiary/aromatic N) is 3. The summed E-state index contributed by atoms with van der Waals surface area (Å²) in [6, 6.07) is 0. The van der Waals surface area contributed by atoms with Crippen molar-refractivity contribution in [2.75, 3.05) is 0 Å². The Morgan fingerprint density at radius 2 is 0.800 bits per heavy atom. The van der Waals surface area contributed by atoms with Crippen molar-refractivity contribution in [2.24, 2.45) is 0 Å². The van der Waals surface area contributed by atoms with Crippen LogP contribution in [0, 0.1) is 0 Å². The van der Waals surface area contributed by atoms with Gasteiger partial charge in [0.15, 0.2) is 0 Å². The fourth-order valence-corrected chi connectivity index (χ4v) is 2.42. The number of rotatable bonds is 12. The van der Waals surface area contributed by atoms with Gasteiger partial charge in [-0.3, -0.25) is 0 Å². The Labute approximate surface area is 168 Å². The van der Waals surface area contributed by atoms with E-state index in [4.69, 9.17) is 15.3 Å². The number of hydrogen-bond donors (Lipinski definition) is 3. The number of aliphatic carboxylic acids is 3. The van der Waals surface area contributed by atoms with E-state index in [1.54, 1.807) is 0 Å². The van der Waals surface area contributed by atoms with Gasteiger partial charge < -0.3 is 15.3 Å². The molecule has 3 N–H and O–H groups in total. The first kappa shape index (κ1) is 24.1. The zero-order valence-electron chi connectivity index (χ0n) is 15.8. The molecule has 0 bridgehead atoms. The summed E-state index contributed by atoms with van der Waals surface area (Å²) in [5, 5.41) is 25.8. The first-order valence-corrected chi connectivity index (χ1v) is 8.78. The van der Waals surface area contributed by atoms with Gasteiger partial charge in [-0.2, -0.15) is 0 Å². The largest absolute Gasteiger partial charge is 0.478 e. The monoisotopic (exact) mass is 423 g/mol. The fourth-order valence-electron chi connectivity index (χ4n) is 2.42. The molecule has 162 valence electrons. The van der Waals surface area contributed by atoms with Crippen LogP contribution in [0.4, 0.5) is 0 Å². The Morgan fingerprint density at radius 1 is 0.567 bits per heavy atom. The smallest absolute Gasteiger partial charge is 0.336 e. The Morgan fingerprint density at radius 3 is 1.00 bits per heavy atom. The first-order chi connectivity index (χ1) is 14.1. The lowest BCUT2D eigenvalue weighted by Crippen LogP contribution is -2.54. The van der Waals surface area contributed by atoms with E-state index in [2.05, 4.69) is 0 Å². The molecule has 1 aromatic rings. The molecule has 0 aliphatic rings. The highest BCUT2D eigenvalue weighted by Crippen LogP contribution is 1.91. The second kappa shape index (κ2) is 11.8. The second-order valence-corrected chi connectivity index (χ2v) is 5.89. The molecule has 1 rings (SSSR count). The molecule has 0 unspecified atom stereocenters. The fraction of sp³-hybridized carbons (Fsp3) is 0.333. The predicted molar refractivity (Wildman–Crippen MR) is 103 cm³/mol. The first-order valence-electron chi connectivity index (χ1n) is 8.78. The molecule has 0 saturated heterocycles. The van der Waals surface area contributed by atoms with E-state index in [9.17, 15) is 28.8 Å². The third-order valence-electron chi connectivity index (χ3n) is 3.72. The van der Waals surface area contributed by atoms with Crippen molar-refractivity contribution in [1.29, 1.82) is 0 Å². The molecule has 0 spiro atoms. The molecule has 1 heterocycles. The van der Waals surface area contributed by atoms with Crippen LogP contribution < -0.4 is 17.1 Å². The van der Waals surface area contributed by atoms with Crippen molar-refractivity contribution in [3.63, 3.8) is 0 Å². The summed E-state index contributed by atoms with van der Waals surface area (Å²) < 4.78 is 2.32. The maximum absolute atomic E-state index is 12.6. The summed E-state index contributed by atoms with van der Waals surface area (Å²) >= 11 is 0. The van der Waals surface area contributed by atoms with Gasteiger partial charge in [0.25, 0.3) is 0 Å². The van der Waals surface area contributed by atoms with Crippen LogP contribution >= 0.6 is 0 Å². The van der Waals surface area contributed by atoms with E-state index in [1.807, 2.05) is 0 Å². The van der Waals surface area contributed by atoms with Crippen LogP contribution in [0.25, 0.3) is 0 Å². The molecule has 0 aliphatic carbocycles. The van der Waals surface area contributed by atoms with Crippen molar-refractivity contribution in [3.8, 4) is 0 Å². The minimum atomic E-state index is -1.19. The predicted octanol–water partition coefficient (Wildman–Crippen LogP) is -0.736. The molecular weight excluding hydrogens is 402 g/mol. The Bertz CT molecular complexity index is 891. The van der Waals surface area contributed by atoms with Crippen molar-refractivity contribution in [3.05, 3.63) is 67.9 Å². The summed E-state index contributed by atoms with van der Waals surface area (Å²) in [6.45, 7) is -0.549. The third kappa shape index (κ3) is 7.58. The molecule has 1 aromatic heterocycles. The molecule has 0 fully saturated rings. The third-order valence-corrected chi connectivity index (χ3v) is 3.72. The molecule has 0 aliphatic heterocycles. The molecule has 12 nitrogen and oxygen atoms in total. The van der Waals surface area contributed by atoms with Gasteiger partial charge in [0, 0.05) is 37.9 Å². The summed E-state index contributed by atoms with van der Waals surface area (Å²) in [5.41, 5.74) is -2.72. The summed E-state index contributed by atoms with van der Waals surface area (Å²) in [5.74, 6) is -3.58. The van der Waals surface area contributed by atoms with Crippen LogP contribution in [-0.4, -0.2) is 46.9 Å². The summed E-state index contributed by atoms with van der Waals surface area (Å²) in [4.78, 5) is 69.3. The normalized spacial score (nSPS) is 11.6. The van der Waals surface area contributed by atoms with Crippen molar-refractivity contribution < 1.29 is 29.7 Å². The number of hydrogen-bond acceptors (Lipinski definition) is 6. The van der Waals surface area contributed by atoms with Gasteiger partial charge in [-0.15, -0.1) is 0 Å². The Hall–Kier alpha value is -3.96. The standard InChI is InChI=1S/C18H21N3O9/c22-13(23)7-1-4-10-19-16(28)20(11-5-2-8-14(24)25)18(30)21(17(19)29)12-6-3-9-15(26)27/h1-3,7-9H,4-6,10-12H2,(H,22,23)(H,24,25)(H,26,27)/b7-1-,8-2-,9-3+. The van der Waals surface area contributed by atoms with E-state index >= 15 is 0 Å². The number of carbonyl (C=O) groups is 3. The minimum Gasteiger partial charge on any atom is -0.478 e. The van der Waals surface area contributed by atoms with Crippen LogP contribution in [0.2, 0.25) is 0 Å². The van der Waals surface area contributed by atoms with Gasteiger partial charge in [-0.25, -0.2) is 42.5 Å². The van der Waals surface area contributed by atoms with Crippen molar-refractivity contribution in [2.45, 2.75) is 38.9 Å². The molecule has 0 atom stereocenters. The van der Waals surface area contributed by atoms with Gasteiger partial charge in [-0.05, 0) is 19.3 Å².